The molecule has 0 atom stereocenters. The van der Waals surface area contributed by atoms with Crippen LogP contribution in [0.4, 0.5) is 4.39 Å². The van der Waals surface area contributed by atoms with Crippen molar-refractivity contribution < 1.29 is 4.39 Å². The number of thiazole rings is 1. The Hall–Kier alpha value is -1.22. The average Bonchev–Trinajstić information content (AvgIpc) is 2.57. The summed E-state index contributed by atoms with van der Waals surface area (Å²) in [6.45, 7) is 0. The summed E-state index contributed by atoms with van der Waals surface area (Å²) < 4.78 is 12.8. The van der Waals surface area contributed by atoms with Crippen molar-refractivity contribution in [1.82, 2.24) is 4.98 Å². The maximum Gasteiger partial charge on any atom is 0.123 e. The Morgan fingerprint density at radius 1 is 1.38 bits per heavy atom. The quantitative estimate of drug-likeness (QED) is 0.714. The smallest absolute Gasteiger partial charge is 0.123 e. The molecule has 1 aromatic heterocycles. The van der Waals surface area contributed by atoms with Gasteiger partial charge in [-0.05, 0) is 17.7 Å². The maximum atomic E-state index is 12.8. The number of benzene rings is 1. The largest absolute Gasteiger partial charge is 0.249 e. The van der Waals surface area contributed by atoms with Gasteiger partial charge in [0.25, 0.3) is 0 Å². The minimum Gasteiger partial charge on any atom is -0.249 e. The first-order valence-electron chi connectivity index (χ1n) is 3.96. The zero-order valence-electron chi connectivity index (χ0n) is 6.90. The monoisotopic (exact) mass is 193 g/mol. The molecule has 0 saturated heterocycles. The van der Waals surface area contributed by atoms with E-state index >= 15 is 0 Å². The number of hydrogen-bond donors (Lipinski definition) is 0. The number of rotatable bonds is 2. The van der Waals surface area contributed by atoms with Crippen LogP contribution in [0.15, 0.2) is 35.2 Å². The Kier molecular flexibility index (Phi) is 2.36. The van der Waals surface area contributed by atoms with Crippen molar-refractivity contribution in [3.63, 3.8) is 0 Å². The highest BCUT2D eigenvalue weighted by Gasteiger charge is 1.98. The van der Waals surface area contributed by atoms with Gasteiger partial charge in [-0.15, -0.1) is 11.3 Å². The summed E-state index contributed by atoms with van der Waals surface area (Å²) in [5.41, 5.74) is 3.75. The molecule has 1 aromatic carbocycles. The summed E-state index contributed by atoms with van der Waals surface area (Å²) in [4.78, 5) is 4.14. The van der Waals surface area contributed by atoms with Crippen LogP contribution in [0.2, 0.25) is 0 Å². The van der Waals surface area contributed by atoms with Gasteiger partial charge in [-0.1, -0.05) is 12.1 Å². The van der Waals surface area contributed by atoms with Crippen molar-refractivity contribution in [2.75, 3.05) is 0 Å². The van der Waals surface area contributed by atoms with Crippen molar-refractivity contribution in [3.8, 4) is 0 Å². The van der Waals surface area contributed by atoms with Crippen molar-refractivity contribution in [2.24, 2.45) is 0 Å². The summed E-state index contributed by atoms with van der Waals surface area (Å²) >= 11 is 1.56. The predicted molar refractivity (Wildman–Crippen MR) is 51.3 cm³/mol. The third-order valence-electron chi connectivity index (χ3n) is 1.76. The molecule has 2 rings (SSSR count). The lowest BCUT2D eigenvalue weighted by molar-refractivity contribution is 0.626. The van der Waals surface area contributed by atoms with Crippen molar-refractivity contribution in [1.29, 1.82) is 0 Å². The molecule has 0 N–H and O–H groups in total. The second-order valence-electron chi connectivity index (χ2n) is 2.79. The Balaban J connectivity index is 2.19. The fourth-order valence-electron chi connectivity index (χ4n) is 1.18. The molecule has 2 aromatic rings. The van der Waals surface area contributed by atoms with E-state index < -0.39 is 0 Å². The van der Waals surface area contributed by atoms with Crippen LogP contribution in [0.3, 0.4) is 0 Å². The Bertz CT molecular complexity index is 384. The van der Waals surface area contributed by atoms with Crippen LogP contribution in [0.25, 0.3) is 0 Å². The van der Waals surface area contributed by atoms with Crippen molar-refractivity contribution in [3.05, 3.63) is 52.2 Å². The first-order chi connectivity index (χ1) is 6.34. The molecule has 0 saturated carbocycles. The van der Waals surface area contributed by atoms with Gasteiger partial charge in [-0.3, -0.25) is 0 Å². The fourth-order valence-corrected chi connectivity index (χ4v) is 1.74. The zero-order valence-corrected chi connectivity index (χ0v) is 7.72. The second-order valence-corrected chi connectivity index (χ2v) is 3.51. The lowest BCUT2D eigenvalue weighted by atomic mass is 10.1. The lowest BCUT2D eigenvalue weighted by Gasteiger charge is -1.97. The van der Waals surface area contributed by atoms with E-state index in [1.807, 2.05) is 11.4 Å². The topological polar surface area (TPSA) is 12.9 Å². The van der Waals surface area contributed by atoms with E-state index in [1.165, 1.54) is 6.07 Å². The van der Waals surface area contributed by atoms with Crippen LogP contribution >= 0.6 is 11.3 Å². The highest BCUT2D eigenvalue weighted by atomic mass is 32.1. The molecule has 0 amide bonds. The number of halogens is 1. The van der Waals surface area contributed by atoms with E-state index in [-0.39, 0.29) is 5.82 Å². The summed E-state index contributed by atoms with van der Waals surface area (Å²) in [7, 11) is 0. The SMILES string of the molecule is Fc1cccc(Cc2cscn2)c1. The van der Waals surface area contributed by atoms with Crippen LogP contribution in [-0.4, -0.2) is 4.98 Å². The highest BCUT2D eigenvalue weighted by Crippen LogP contribution is 2.10. The predicted octanol–water partition coefficient (Wildman–Crippen LogP) is 2.87. The van der Waals surface area contributed by atoms with Crippen molar-refractivity contribution >= 4 is 11.3 Å². The molecular formula is C10H8FNS. The van der Waals surface area contributed by atoms with Gasteiger partial charge >= 0.3 is 0 Å². The van der Waals surface area contributed by atoms with Gasteiger partial charge in [0.15, 0.2) is 0 Å². The standard InChI is InChI=1S/C10H8FNS/c11-9-3-1-2-8(4-9)5-10-6-13-7-12-10/h1-4,6-7H,5H2. The van der Waals surface area contributed by atoms with Gasteiger partial charge in [0.1, 0.15) is 5.82 Å². The average molecular weight is 193 g/mol. The number of aromatic nitrogens is 1. The number of nitrogens with zero attached hydrogens (tertiary/aromatic N) is 1. The zero-order chi connectivity index (χ0) is 9.10. The third-order valence-corrected chi connectivity index (χ3v) is 2.39. The molecule has 0 fully saturated rings. The molecule has 0 unspecified atom stereocenters. The molecular weight excluding hydrogens is 185 g/mol. The minimum atomic E-state index is -0.187. The molecule has 0 aliphatic rings. The van der Waals surface area contributed by atoms with Crippen LogP contribution in [-0.2, 0) is 6.42 Å². The van der Waals surface area contributed by atoms with Gasteiger partial charge < -0.3 is 0 Å². The first kappa shape index (κ1) is 8.38. The molecule has 0 radical (unpaired) electrons. The van der Waals surface area contributed by atoms with Crippen molar-refractivity contribution in [2.45, 2.75) is 6.42 Å². The Morgan fingerprint density at radius 2 is 2.31 bits per heavy atom. The van der Waals surface area contributed by atoms with Crippen LogP contribution in [0, 0.1) is 5.82 Å². The van der Waals surface area contributed by atoms with E-state index in [1.54, 1.807) is 29.0 Å². The summed E-state index contributed by atoms with van der Waals surface area (Å²) in [5, 5.41) is 1.98. The Morgan fingerprint density at radius 3 is 3.00 bits per heavy atom. The lowest BCUT2D eigenvalue weighted by Crippen LogP contribution is -1.88. The fraction of sp³-hybridized carbons (Fsp3) is 0.100. The van der Waals surface area contributed by atoms with Gasteiger partial charge in [0, 0.05) is 11.8 Å². The molecule has 66 valence electrons. The molecule has 1 heterocycles. The van der Waals surface area contributed by atoms with E-state index in [9.17, 15) is 4.39 Å². The summed E-state index contributed by atoms with van der Waals surface area (Å²) in [6.07, 6.45) is 0.710. The van der Waals surface area contributed by atoms with E-state index in [2.05, 4.69) is 4.98 Å². The molecule has 3 heteroatoms. The highest BCUT2D eigenvalue weighted by molar-refractivity contribution is 7.07. The molecule has 13 heavy (non-hydrogen) atoms. The Labute approximate surface area is 79.9 Å². The summed E-state index contributed by atoms with van der Waals surface area (Å²) in [5.74, 6) is -0.187. The van der Waals surface area contributed by atoms with Gasteiger partial charge in [0.05, 0.1) is 11.2 Å². The third kappa shape index (κ3) is 2.12. The molecule has 0 aliphatic heterocycles. The van der Waals surface area contributed by atoms with Crippen LogP contribution < -0.4 is 0 Å². The van der Waals surface area contributed by atoms with Gasteiger partial charge in [-0.25, -0.2) is 9.37 Å². The van der Waals surface area contributed by atoms with E-state index in [0.717, 1.165) is 11.3 Å². The molecule has 1 nitrogen and oxygen atoms in total. The van der Waals surface area contributed by atoms with Gasteiger partial charge in [0.2, 0.25) is 0 Å². The van der Waals surface area contributed by atoms with E-state index in [4.69, 9.17) is 0 Å². The van der Waals surface area contributed by atoms with Crippen LogP contribution in [0.5, 0.6) is 0 Å². The van der Waals surface area contributed by atoms with Gasteiger partial charge in [-0.2, -0.15) is 0 Å². The van der Waals surface area contributed by atoms with E-state index in [0.29, 0.717) is 6.42 Å². The second kappa shape index (κ2) is 3.66. The number of hydrogen-bond acceptors (Lipinski definition) is 2. The maximum absolute atomic E-state index is 12.8. The summed E-state index contributed by atoms with van der Waals surface area (Å²) in [6, 6.07) is 6.61. The van der Waals surface area contributed by atoms with Crippen LogP contribution in [0.1, 0.15) is 11.3 Å². The molecule has 0 spiro atoms. The molecule has 0 aliphatic carbocycles. The first-order valence-corrected chi connectivity index (χ1v) is 4.90. The normalized spacial score (nSPS) is 10.2. The minimum absolute atomic E-state index is 0.187. The molecule has 0 bridgehead atoms.